The van der Waals surface area contributed by atoms with E-state index in [1.165, 1.54) is 10.6 Å². The van der Waals surface area contributed by atoms with Gasteiger partial charge in [-0.15, -0.1) is 5.10 Å². The minimum absolute atomic E-state index is 0.200. The Morgan fingerprint density at radius 3 is 2.58 bits per heavy atom. The molecule has 0 aliphatic heterocycles. The lowest BCUT2D eigenvalue weighted by Crippen LogP contribution is -2.18. The van der Waals surface area contributed by atoms with Crippen molar-refractivity contribution in [1.29, 1.82) is 0 Å². The zero-order valence-corrected chi connectivity index (χ0v) is 13.4. The second-order valence-corrected chi connectivity index (χ2v) is 5.69. The van der Waals surface area contributed by atoms with Gasteiger partial charge in [-0.25, -0.2) is 0 Å². The van der Waals surface area contributed by atoms with Crippen LogP contribution in [0.3, 0.4) is 0 Å². The number of rotatable bonds is 7. The van der Waals surface area contributed by atoms with E-state index >= 15 is 0 Å². The van der Waals surface area contributed by atoms with Gasteiger partial charge in [-0.3, -0.25) is 9.48 Å². The van der Waals surface area contributed by atoms with Crippen LogP contribution in [0.2, 0.25) is 0 Å². The van der Waals surface area contributed by atoms with Crippen molar-refractivity contribution in [3.63, 3.8) is 0 Å². The average molecular weight is 324 g/mol. The minimum atomic E-state index is -0.332. The van der Waals surface area contributed by atoms with Crippen LogP contribution in [0.15, 0.2) is 59.7 Å². The Morgan fingerprint density at radius 1 is 0.958 bits per heavy atom. The van der Waals surface area contributed by atoms with Gasteiger partial charge in [0.05, 0.1) is 6.20 Å². The molecule has 1 aromatic carbocycles. The van der Waals surface area contributed by atoms with Crippen LogP contribution in [0.5, 0.6) is 5.75 Å². The topological polar surface area (TPSA) is 72.9 Å². The normalized spacial score (nSPS) is 10.8. The van der Waals surface area contributed by atoms with Crippen LogP contribution < -0.4 is 5.56 Å². The second-order valence-electron chi connectivity index (χ2n) is 5.69. The molecule has 0 spiro atoms. The van der Waals surface area contributed by atoms with E-state index in [1.54, 1.807) is 12.3 Å². The standard InChI is InChI=1S/C18H20N4O2/c23-17-10-7-12-21(18(17)24)11-5-2-6-13-22-14-16(19-20-22)15-8-3-1-4-9-15/h1,3-4,7-10,12,14,23H,2,5-6,11,13H2. The van der Waals surface area contributed by atoms with Crippen molar-refractivity contribution < 1.29 is 5.11 Å². The minimum Gasteiger partial charge on any atom is -0.503 e. The summed E-state index contributed by atoms with van der Waals surface area (Å²) in [5, 5.41) is 17.7. The van der Waals surface area contributed by atoms with E-state index < -0.39 is 0 Å². The van der Waals surface area contributed by atoms with E-state index in [-0.39, 0.29) is 11.3 Å². The largest absolute Gasteiger partial charge is 0.503 e. The first-order valence-corrected chi connectivity index (χ1v) is 8.08. The van der Waals surface area contributed by atoms with Crippen LogP contribution in [0.25, 0.3) is 11.3 Å². The summed E-state index contributed by atoms with van der Waals surface area (Å²) >= 11 is 0. The third-order valence-corrected chi connectivity index (χ3v) is 3.89. The molecule has 2 heterocycles. The molecule has 6 nitrogen and oxygen atoms in total. The summed E-state index contributed by atoms with van der Waals surface area (Å²) < 4.78 is 3.39. The van der Waals surface area contributed by atoms with Gasteiger partial charge in [-0.2, -0.15) is 0 Å². The van der Waals surface area contributed by atoms with Crippen LogP contribution in [-0.4, -0.2) is 24.7 Å². The Hall–Kier alpha value is -2.89. The van der Waals surface area contributed by atoms with E-state index in [0.717, 1.165) is 37.1 Å². The molecule has 0 radical (unpaired) electrons. The van der Waals surface area contributed by atoms with Gasteiger partial charge in [-0.05, 0) is 31.4 Å². The molecular weight excluding hydrogens is 304 g/mol. The van der Waals surface area contributed by atoms with Crippen molar-refractivity contribution in [2.24, 2.45) is 0 Å². The number of aromatic hydroxyl groups is 1. The molecular formula is C18H20N4O2. The molecule has 2 aromatic heterocycles. The number of pyridine rings is 1. The third-order valence-electron chi connectivity index (χ3n) is 3.89. The van der Waals surface area contributed by atoms with Gasteiger partial charge in [0.25, 0.3) is 5.56 Å². The maximum absolute atomic E-state index is 11.7. The molecule has 124 valence electrons. The Bertz CT molecular complexity index is 839. The predicted molar refractivity (Wildman–Crippen MR) is 91.7 cm³/mol. The summed E-state index contributed by atoms with van der Waals surface area (Å²) in [6.07, 6.45) is 6.47. The van der Waals surface area contributed by atoms with Crippen molar-refractivity contribution in [3.8, 4) is 17.0 Å². The van der Waals surface area contributed by atoms with Gasteiger partial charge < -0.3 is 9.67 Å². The number of aryl methyl sites for hydroxylation is 2. The zero-order valence-electron chi connectivity index (χ0n) is 13.4. The van der Waals surface area contributed by atoms with E-state index in [4.69, 9.17) is 0 Å². The maximum Gasteiger partial charge on any atom is 0.292 e. The summed E-state index contributed by atoms with van der Waals surface area (Å²) in [4.78, 5) is 11.7. The fourth-order valence-corrected chi connectivity index (χ4v) is 2.58. The lowest BCUT2D eigenvalue weighted by molar-refractivity contribution is 0.451. The summed E-state index contributed by atoms with van der Waals surface area (Å²) in [5.41, 5.74) is 1.61. The maximum atomic E-state index is 11.7. The lowest BCUT2D eigenvalue weighted by Gasteiger charge is -2.05. The number of hydrogen-bond donors (Lipinski definition) is 1. The smallest absolute Gasteiger partial charge is 0.292 e. The van der Waals surface area contributed by atoms with Crippen molar-refractivity contribution >= 4 is 0 Å². The van der Waals surface area contributed by atoms with Crippen molar-refractivity contribution in [2.75, 3.05) is 0 Å². The predicted octanol–water partition coefficient (Wildman–Crippen LogP) is 2.68. The number of nitrogens with zero attached hydrogens (tertiary/aromatic N) is 4. The highest BCUT2D eigenvalue weighted by Gasteiger charge is 2.03. The molecule has 24 heavy (non-hydrogen) atoms. The molecule has 0 atom stereocenters. The molecule has 3 aromatic rings. The highest BCUT2D eigenvalue weighted by atomic mass is 16.3. The molecule has 0 unspecified atom stereocenters. The van der Waals surface area contributed by atoms with E-state index in [2.05, 4.69) is 10.3 Å². The molecule has 0 aliphatic carbocycles. The van der Waals surface area contributed by atoms with Gasteiger partial charge in [0.15, 0.2) is 5.75 Å². The van der Waals surface area contributed by atoms with Crippen LogP contribution in [0, 0.1) is 0 Å². The number of unbranched alkanes of at least 4 members (excludes halogenated alkanes) is 2. The first kappa shape index (κ1) is 16.0. The van der Waals surface area contributed by atoms with Crippen LogP contribution in [0.4, 0.5) is 0 Å². The van der Waals surface area contributed by atoms with E-state index in [0.29, 0.717) is 6.54 Å². The summed E-state index contributed by atoms with van der Waals surface area (Å²) in [5.74, 6) is -0.200. The number of hydrogen-bond acceptors (Lipinski definition) is 4. The molecule has 0 saturated carbocycles. The average Bonchev–Trinajstić information content (AvgIpc) is 3.08. The molecule has 0 fully saturated rings. The first-order chi connectivity index (χ1) is 11.7. The fourth-order valence-electron chi connectivity index (χ4n) is 2.58. The monoisotopic (exact) mass is 324 g/mol. The number of benzene rings is 1. The molecule has 3 rings (SSSR count). The zero-order chi connectivity index (χ0) is 16.8. The summed E-state index contributed by atoms with van der Waals surface area (Å²) in [6.45, 7) is 1.41. The Labute approximate surface area is 140 Å². The SMILES string of the molecule is O=c1c(O)cccn1CCCCCn1cc(-c2ccccc2)nn1. The van der Waals surface area contributed by atoms with Gasteiger partial charge in [0, 0.05) is 24.8 Å². The molecule has 1 N–H and O–H groups in total. The molecule has 0 bridgehead atoms. The van der Waals surface area contributed by atoms with Gasteiger partial charge in [0.2, 0.25) is 0 Å². The Morgan fingerprint density at radius 2 is 1.75 bits per heavy atom. The highest BCUT2D eigenvalue weighted by Crippen LogP contribution is 2.15. The fraction of sp³-hybridized carbons (Fsp3) is 0.278. The Balaban J connectivity index is 1.45. The molecule has 0 saturated heterocycles. The first-order valence-electron chi connectivity index (χ1n) is 8.08. The van der Waals surface area contributed by atoms with E-state index in [1.807, 2.05) is 41.2 Å². The van der Waals surface area contributed by atoms with Crippen molar-refractivity contribution in [1.82, 2.24) is 19.6 Å². The third kappa shape index (κ3) is 3.90. The van der Waals surface area contributed by atoms with Crippen LogP contribution in [-0.2, 0) is 13.1 Å². The van der Waals surface area contributed by atoms with Crippen LogP contribution >= 0.6 is 0 Å². The van der Waals surface area contributed by atoms with Gasteiger partial charge in [-0.1, -0.05) is 35.5 Å². The molecule has 0 amide bonds. The van der Waals surface area contributed by atoms with E-state index in [9.17, 15) is 9.90 Å². The molecule has 6 heteroatoms. The summed E-state index contributed by atoms with van der Waals surface area (Å²) in [7, 11) is 0. The summed E-state index contributed by atoms with van der Waals surface area (Å²) in [6, 6.07) is 13.1. The number of aromatic nitrogens is 4. The molecule has 0 aliphatic rings. The van der Waals surface area contributed by atoms with Crippen LogP contribution in [0.1, 0.15) is 19.3 Å². The van der Waals surface area contributed by atoms with Crippen molar-refractivity contribution in [3.05, 3.63) is 65.2 Å². The van der Waals surface area contributed by atoms with Gasteiger partial charge >= 0.3 is 0 Å². The van der Waals surface area contributed by atoms with Gasteiger partial charge in [0.1, 0.15) is 5.69 Å². The Kier molecular flexibility index (Phi) is 5.05. The highest BCUT2D eigenvalue weighted by molar-refractivity contribution is 5.57. The second kappa shape index (κ2) is 7.59. The van der Waals surface area contributed by atoms with Crippen molar-refractivity contribution in [2.45, 2.75) is 32.4 Å². The quantitative estimate of drug-likeness (QED) is 0.678. The lowest BCUT2D eigenvalue weighted by atomic mass is 10.2.